The molecule has 1 fully saturated rings. The normalized spacial score (nSPS) is 19.8. The van der Waals surface area contributed by atoms with Crippen LogP contribution in [-0.2, 0) is 0 Å². The summed E-state index contributed by atoms with van der Waals surface area (Å²) in [4.78, 5) is 2.34. The number of nitrogens with zero attached hydrogens (tertiary/aromatic N) is 1. The predicted octanol–water partition coefficient (Wildman–Crippen LogP) is 2.94. The Balaban J connectivity index is 2.01. The summed E-state index contributed by atoms with van der Waals surface area (Å²) in [6, 6.07) is 6.16. The van der Waals surface area contributed by atoms with Gasteiger partial charge < -0.3 is 15.4 Å². The molecule has 1 atom stereocenters. The van der Waals surface area contributed by atoms with Gasteiger partial charge in [-0.1, -0.05) is 6.07 Å². The third-order valence-corrected chi connectivity index (χ3v) is 4.06. The van der Waals surface area contributed by atoms with E-state index in [2.05, 4.69) is 33.9 Å². The van der Waals surface area contributed by atoms with Crippen LogP contribution in [0.25, 0.3) is 0 Å². The molecule has 1 aliphatic heterocycles. The molecule has 0 saturated carbocycles. The first-order valence-corrected chi connectivity index (χ1v) is 7.26. The standard InChI is InChI=1S/C14H21BrN2O/c1-10(16)11-3-4-14(13(15)9-11)18-12-5-7-17(2)8-6-12/h3-4,9-10,12H,5-8,16H2,1-2H3/t10-/m0/s1. The highest BCUT2D eigenvalue weighted by molar-refractivity contribution is 9.10. The van der Waals surface area contributed by atoms with Crippen LogP contribution >= 0.6 is 15.9 Å². The van der Waals surface area contributed by atoms with Crippen LogP contribution in [0.15, 0.2) is 22.7 Å². The molecule has 1 saturated heterocycles. The summed E-state index contributed by atoms with van der Waals surface area (Å²) in [7, 11) is 2.16. The second-order valence-electron chi connectivity index (χ2n) is 5.10. The Morgan fingerprint density at radius 2 is 2.06 bits per heavy atom. The quantitative estimate of drug-likeness (QED) is 0.932. The Hall–Kier alpha value is -0.580. The lowest BCUT2D eigenvalue weighted by Gasteiger charge is -2.29. The second-order valence-corrected chi connectivity index (χ2v) is 5.95. The van der Waals surface area contributed by atoms with Gasteiger partial charge in [-0.3, -0.25) is 0 Å². The molecule has 100 valence electrons. The number of hydrogen-bond acceptors (Lipinski definition) is 3. The van der Waals surface area contributed by atoms with Gasteiger partial charge in [0.1, 0.15) is 11.9 Å². The maximum absolute atomic E-state index is 6.05. The van der Waals surface area contributed by atoms with Crippen molar-refractivity contribution in [3.05, 3.63) is 28.2 Å². The fourth-order valence-corrected chi connectivity index (χ4v) is 2.67. The third-order valence-electron chi connectivity index (χ3n) is 3.44. The lowest BCUT2D eigenvalue weighted by atomic mass is 10.1. The van der Waals surface area contributed by atoms with E-state index in [9.17, 15) is 0 Å². The summed E-state index contributed by atoms with van der Waals surface area (Å²) in [5.41, 5.74) is 6.99. The minimum atomic E-state index is 0.0543. The van der Waals surface area contributed by atoms with E-state index in [1.807, 2.05) is 19.1 Å². The van der Waals surface area contributed by atoms with Crippen molar-refractivity contribution in [2.75, 3.05) is 20.1 Å². The molecule has 0 amide bonds. The molecule has 18 heavy (non-hydrogen) atoms. The van der Waals surface area contributed by atoms with Gasteiger partial charge in [-0.05, 0) is 60.4 Å². The van der Waals surface area contributed by atoms with Crippen molar-refractivity contribution in [1.82, 2.24) is 4.90 Å². The number of halogens is 1. The molecule has 1 aliphatic rings. The summed E-state index contributed by atoms with van der Waals surface area (Å²) < 4.78 is 7.05. The first kappa shape index (κ1) is 13.8. The van der Waals surface area contributed by atoms with Crippen LogP contribution in [0.3, 0.4) is 0 Å². The van der Waals surface area contributed by atoms with Crippen molar-refractivity contribution in [2.45, 2.75) is 31.9 Å². The number of piperidine rings is 1. The predicted molar refractivity (Wildman–Crippen MR) is 77.9 cm³/mol. The molecule has 1 aromatic rings. The monoisotopic (exact) mass is 312 g/mol. The van der Waals surface area contributed by atoms with Gasteiger partial charge in [0.05, 0.1) is 4.47 Å². The van der Waals surface area contributed by atoms with Gasteiger partial charge in [-0.15, -0.1) is 0 Å². The maximum atomic E-state index is 6.05. The Morgan fingerprint density at radius 3 is 2.61 bits per heavy atom. The Bertz CT molecular complexity index is 401. The van der Waals surface area contributed by atoms with Crippen LogP contribution in [0.1, 0.15) is 31.4 Å². The molecule has 1 aromatic carbocycles. The van der Waals surface area contributed by atoms with Gasteiger partial charge in [-0.25, -0.2) is 0 Å². The van der Waals surface area contributed by atoms with Gasteiger partial charge in [0.15, 0.2) is 0 Å². The molecule has 0 spiro atoms. The van der Waals surface area contributed by atoms with Gasteiger partial charge in [0.2, 0.25) is 0 Å². The summed E-state index contributed by atoms with van der Waals surface area (Å²) in [6.07, 6.45) is 2.52. The molecule has 2 N–H and O–H groups in total. The number of likely N-dealkylation sites (tertiary alicyclic amines) is 1. The zero-order valence-corrected chi connectivity index (χ0v) is 12.6. The number of rotatable bonds is 3. The molecular formula is C14H21BrN2O. The molecule has 2 rings (SSSR count). The van der Waals surface area contributed by atoms with Crippen molar-refractivity contribution in [3.63, 3.8) is 0 Å². The largest absolute Gasteiger partial charge is 0.489 e. The molecule has 0 radical (unpaired) electrons. The number of benzene rings is 1. The van der Waals surface area contributed by atoms with Crippen LogP contribution in [0, 0.1) is 0 Å². The summed E-state index contributed by atoms with van der Waals surface area (Å²) >= 11 is 3.56. The first-order valence-electron chi connectivity index (χ1n) is 6.46. The average molecular weight is 313 g/mol. The third kappa shape index (κ3) is 3.46. The van der Waals surface area contributed by atoms with Crippen molar-refractivity contribution in [2.24, 2.45) is 5.73 Å². The van der Waals surface area contributed by atoms with E-state index in [0.29, 0.717) is 6.10 Å². The molecule has 0 aliphatic carbocycles. The highest BCUT2D eigenvalue weighted by atomic mass is 79.9. The van der Waals surface area contributed by atoms with E-state index in [0.717, 1.165) is 41.7 Å². The number of nitrogens with two attached hydrogens (primary N) is 1. The fourth-order valence-electron chi connectivity index (χ4n) is 2.18. The van der Waals surface area contributed by atoms with Crippen molar-refractivity contribution in [1.29, 1.82) is 0 Å². The lowest BCUT2D eigenvalue weighted by molar-refractivity contribution is 0.113. The van der Waals surface area contributed by atoms with Gasteiger partial charge in [0.25, 0.3) is 0 Å². The molecule has 0 unspecified atom stereocenters. The fraction of sp³-hybridized carbons (Fsp3) is 0.571. The minimum Gasteiger partial charge on any atom is -0.489 e. The first-order chi connectivity index (χ1) is 8.56. The number of hydrogen-bond donors (Lipinski definition) is 1. The molecule has 0 bridgehead atoms. The SMILES string of the molecule is C[C@H](N)c1ccc(OC2CCN(C)CC2)c(Br)c1. The minimum absolute atomic E-state index is 0.0543. The van der Waals surface area contributed by atoms with Gasteiger partial charge in [0, 0.05) is 19.1 Å². The Morgan fingerprint density at radius 1 is 1.39 bits per heavy atom. The van der Waals surface area contributed by atoms with Crippen LogP contribution in [0.4, 0.5) is 0 Å². The molecular weight excluding hydrogens is 292 g/mol. The molecule has 1 heterocycles. The molecule has 4 heteroatoms. The van der Waals surface area contributed by atoms with Gasteiger partial charge >= 0.3 is 0 Å². The van der Waals surface area contributed by atoms with Crippen molar-refractivity contribution < 1.29 is 4.74 Å². The smallest absolute Gasteiger partial charge is 0.133 e. The summed E-state index contributed by atoms with van der Waals surface area (Å²) in [5.74, 6) is 0.925. The average Bonchev–Trinajstić information content (AvgIpc) is 2.34. The summed E-state index contributed by atoms with van der Waals surface area (Å²) in [6.45, 7) is 4.21. The zero-order chi connectivity index (χ0) is 13.1. The topological polar surface area (TPSA) is 38.5 Å². The molecule has 3 nitrogen and oxygen atoms in total. The number of ether oxygens (including phenoxy) is 1. The molecule has 0 aromatic heterocycles. The highest BCUT2D eigenvalue weighted by Gasteiger charge is 2.19. The lowest BCUT2D eigenvalue weighted by Crippen LogP contribution is -2.35. The van der Waals surface area contributed by atoms with E-state index in [-0.39, 0.29) is 6.04 Å². The van der Waals surface area contributed by atoms with Crippen LogP contribution < -0.4 is 10.5 Å². The van der Waals surface area contributed by atoms with Crippen molar-refractivity contribution in [3.8, 4) is 5.75 Å². The van der Waals surface area contributed by atoms with Crippen LogP contribution in [-0.4, -0.2) is 31.1 Å². The van der Waals surface area contributed by atoms with E-state index in [1.165, 1.54) is 0 Å². The van der Waals surface area contributed by atoms with E-state index < -0.39 is 0 Å². The van der Waals surface area contributed by atoms with Crippen molar-refractivity contribution >= 4 is 15.9 Å². The maximum Gasteiger partial charge on any atom is 0.133 e. The Labute approximate surface area is 117 Å². The summed E-state index contributed by atoms with van der Waals surface area (Å²) in [5, 5.41) is 0. The highest BCUT2D eigenvalue weighted by Crippen LogP contribution is 2.30. The van der Waals surface area contributed by atoms with Crippen LogP contribution in [0.2, 0.25) is 0 Å². The van der Waals surface area contributed by atoms with E-state index in [4.69, 9.17) is 10.5 Å². The van der Waals surface area contributed by atoms with E-state index >= 15 is 0 Å². The van der Waals surface area contributed by atoms with E-state index in [1.54, 1.807) is 0 Å². The van der Waals surface area contributed by atoms with Gasteiger partial charge in [-0.2, -0.15) is 0 Å². The zero-order valence-electron chi connectivity index (χ0n) is 11.0. The second kappa shape index (κ2) is 6.04. The Kier molecular flexibility index (Phi) is 4.65. The van der Waals surface area contributed by atoms with Crippen LogP contribution in [0.5, 0.6) is 5.75 Å².